The number of anilines is 1. The molecule has 0 unspecified atom stereocenters. The summed E-state index contributed by atoms with van der Waals surface area (Å²) in [5.41, 5.74) is 3.23. The predicted octanol–water partition coefficient (Wildman–Crippen LogP) is 1.93. The molecule has 1 fully saturated rings. The van der Waals surface area contributed by atoms with Gasteiger partial charge in [-0.2, -0.15) is 9.40 Å². The van der Waals surface area contributed by atoms with Gasteiger partial charge >= 0.3 is 0 Å². The number of rotatable bonds is 5. The zero-order valence-corrected chi connectivity index (χ0v) is 20.3. The van der Waals surface area contributed by atoms with Crippen LogP contribution in [0, 0.1) is 34.6 Å². The number of piperazine rings is 1. The van der Waals surface area contributed by atoms with E-state index in [1.54, 1.807) is 22.2 Å². The zero-order valence-electron chi connectivity index (χ0n) is 19.5. The van der Waals surface area contributed by atoms with Crippen molar-refractivity contribution in [2.45, 2.75) is 53.0 Å². The number of aromatic nitrogens is 6. The van der Waals surface area contributed by atoms with E-state index in [0.717, 1.165) is 23.0 Å². The van der Waals surface area contributed by atoms with Crippen molar-refractivity contribution in [2.75, 3.05) is 31.1 Å². The maximum atomic E-state index is 13.4. The molecule has 0 bridgehead atoms. The fraction of sp³-hybridized carbons (Fsp3) is 0.524. The first-order valence-electron chi connectivity index (χ1n) is 10.8. The maximum Gasteiger partial charge on any atom is 0.246 e. The lowest BCUT2D eigenvalue weighted by Crippen LogP contribution is -2.49. The number of imidazole rings is 1. The molecule has 0 N–H and O–H groups in total. The highest BCUT2D eigenvalue weighted by atomic mass is 32.2. The normalized spacial score (nSPS) is 15.5. The average molecular weight is 459 g/mol. The van der Waals surface area contributed by atoms with Crippen LogP contribution in [0.3, 0.4) is 0 Å². The topological polar surface area (TPSA) is 102 Å². The molecule has 0 saturated carbocycles. The second kappa shape index (κ2) is 8.28. The van der Waals surface area contributed by atoms with Crippen LogP contribution in [-0.2, 0) is 16.6 Å². The van der Waals surface area contributed by atoms with E-state index in [2.05, 4.69) is 25.0 Å². The van der Waals surface area contributed by atoms with E-state index < -0.39 is 10.0 Å². The Morgan fingerprint density at radius 1 is 0.906 bits per heavy atom. The van der Waals surface area contributed by atoms with Crippen molar-refractivity contribution in [3.8, 4) is 5.82 Å². The molecule has 11 heteroatoms. The summed E-state index contributed by atoms with van der Waals surface area (Å²) in [7, 11) is -3.60. The lowest BCUT2D eigenvalue weighted by molar-refractivity contribution is 0.383. The van der Waals surface area contributed by atoms with Crippen molar-refractivity contribution in [3.05, 3.63) is 41.0 Å². The molecule has 0 amide bonds. The first-order valence-corrected chi connectivity index (χ1v) is 12.2. The first kappa shape index (κ1) is 22.4. The van der Waals surface area contributed by atoms with Crippen LogP contribution in [0.15, 0.2) is 17.3 Å². The number of sulfonamides is 1. The van der Waals surface area contributed by atoms with E-state index in [9.17, 15) is 8.42 Å². The van der Waals surface area contributed by atoms with E-state index in [4.69, 9.17) is 0 Å². The standard InChI is InChI=1S/C21H30N8O2S/c1-7-29-17(5)21(15(3)25-29)32(30,31)27-10-8-26(9-11-27)19-12-20(24-18(6)23-19)28-13-22-14(2)16(28)4/h12-13H,7-11H2,1-6H3. The third kappa shape index (κ3) is 3.79. The Balaban J connectivity index is 1.56. The molecule has 4 rings (SSSR count). The van der Waals surface area contributed by atoms with Gasteiger partial charge in [0, 0.05) is 44.5 Å². The van der Waals surface area contributed by atoms with Gasteiger partial charge in [-0.05, 0) is 41.5 Å². The van der Waals surface area contributed by atoms with Crippen molar-refractivity contribution in [2.24, 2.45) is 0 Å². The minimum atomic E-state index is -3.60. The van der Waals surface area contributed by atoms with Gasteiger partial charge in [0.2, 0.25) is 10.0 Å². The smallest absolute Gasteiger partial charge is 0.246 e. The van der Waals surface area contributed by atoms with E-state index in [-0.39, 0.29) is 0 Å². The van der Waals surface area contributed by atoms with Crippen LogP contribution in [0.25, 0.3) is 5.82 Å². The lowest BCUT2D eigenvalue weighted by atomic mass is 10.3. The molecule has 10 nitrogen and oxygen atoms in total. The molecule has 3 aromatic rings. The van der Waals surface area contributed by atoms with Gasteiger partial charge in [0.1, 0.15) is 28.7 Å². The summed E-state index contributed by atoms with van der Waals surface area (Å²) < 4.78 is 31.9. The van der Waals surface area contributed by atoms with Crippen LogP contribution < -0.4 is 4.90 Å². The summed E-state index contributed by atoms with van der Waals surface area (Å²) in [4.78, 5) is 16.0. The third-order valence-corrected chi connectivity index (χ3v) is 8.24. The van der Waals surface area contributed by atoms with Gasteiger partial charge in [-0.3, -0.25) is 9.25 Å². The second-order valence-electron chi connectivity index (χ2n) is 8.12. The molecule has 0 radical (unpaired) electrons. The number of aryl methyl sites for hydroxylation is 4. The van der Waals surface area contributed by atoms with Crippen molar-refractivity contribution < 1.29 is 8.42 Å². The van der Waals surface area contributed by atoms with Gasteiger partial charge in [0.05, 0.1) is 17.1 Å². The third-order valence-electron chi connectivity index (χ3n) is 6.08. The van der Waals surface area contributed by atoms with Gasteiger partial charge in [0.15, 0.2) is 0 Å². The number of hydrogen-bond donors (Lipinski definition) is 0. The van der Waals surface area contributed by atoms with Crippen LogP contribution in [0.4, 0.5) is 5.82 Å². The van der Waals surface area contributed by atoms with Crippen molar-refractivity contribution in [3.63, 3.8) is 0 Å². The summed E-state index contributed by atoms with van der Waals surface area (Å²) >= 11 is 0. The fourth-order valence-corrected chi connectivity index (χ4v) is 6.00. The summed E-state index contributed by atoms with van der Waals surface area (Å²) in [5, 5.41) is 4.39. The lowest BCUT2D eigenvalue weighted by Gasteiger charge is -2.34. The maximum absolute atomic E-state index is 13.4. The van der Waals surface area contributed by atoms with Crippen LogP contribution in [-0.4, -0.2) is 68.2 Å². The summed E-state index contributed by atoms with van der Waals surface area (Å²) in [6, 6.07) is 1.94. The van der Waals surface area contributed by atoms with Gasteiger partial charge in [0.25, 0.3) is 0 Å². The summed E-state index contributed by atoms with van der Waals surface area (Å²) in [6.45, 7) is 13.9. The minimum absolute atomic E-state index is 0.332. The fourth-order valence-electron chi connectivity index (χ4n) is 4.20. The molecule has 0 aliphatic carbocycles. The molecule has 1 saturated heterocycles. The van der Waals surface area contributed by atoms with E-state index in [0.29, 0.717) is 54.8 Å². The highest BCUT2D eigenvalue weighted by molar-refractivity contribution is 7.89. The molecule has 0 aromatic carbocycles. The first-order chi connectivity index (χ1) is 15.1. The van der Waals surface area contributed by atoms with Gasteiger partial charge in [-0.15, -0.1) is 0 Å². The minimum Gasteiger partial charge on any atom is -0.354 e. The van der Waals surface area contributed by atoms with E-state index in [1.807, 2.05) is 45.3 Å². The van der Waals surface area contributed by atoms with E-state index >= 15 is 0 Å². The van der Waals surface area contributed by atoms with Crippen LogP contribution in [0.1, 0.15) is 35.5 Å². The highest BCUT2D eigenvalue weighted by Crippen LogP contribution is 2.26. The Hall–Kier alpha value is -2.79. The Morgan fingerprint density at radius 2 is 1.56 bits per heavy atom. The second-order valence-corrected chi connectivity index (χ2v) is 10.00. The largest absolute Gasteiger partial charge is 0.354 e. The molecule has 1 aliphatic rings. The molecule has 172 valence electrons. The molecule has 1 aliphatic heterocycles. The van der Waals surface area contributed by atoms with Gasteiger partial charge in [-0.25, -0.2) is 23.4 Å². The van der Waals surface area contributed by atoms with E-state index in [1.165, 1.54) is 0 Å². The molecule has 4 heterocycles. The van der Waals surface area contributed by atoms with Crippen LogP contribution in [0.2, 0.25) is 0 Å². The SMILES string of the molecule is CCn1nc(C)c(S(=O)(=O)N2CCN(c3cc(-n4cnc(C)c4C)nc(C)n3)CC2)c1C. The molecular weight excluding hydrogens is 428 g/mol. The van der Waals surface area contributed by atoms with Gasteiger partial charge < -0.3 is 4.90 Å². The Bertz CT molecular complexity index is 1250. The Labute approximate surface area is 189 Å². The quantitative estimate of drug-likeness (QED) is 0.576. The predicted molar refractivity (Wildman–Crippen MR) is 122 cm³/mol. The molecule has 3 aromatic heterocycles. The average Bonchev–Trinajstić information content (AvgIpc) is 3.25. The number of hydrogen-bond acceptors (Lipinski definition) is 7. The van der Waals surface area contributed by atoms with Crippen LogP contribution >= 0.6 is 0 Å². The van der Waals surface area contributed by atoms with Crippen molar-refractivity contribution >= 4 is 15.8 Å². The zero-order chi connectivity index (χ0) is 23.2. The molecule has 0 atom stereocenters. The molecule has 0 spiro atoms. The van der Waals surface area contributed by atoms with Crippen molar-refractivity contribution in [1.82, 2.24) is 33.6 Å². The Morgan fingerprint density at radius 3 is 2.12 bits per heavy atom. The van der Waals surface area contributed by atoms with Crippen molar-refractivity contribution in [1.29, 1.82) is 0 Å². The Kier molecular flexibility index (Phi) is 5.80. The monoisotopic (exact) mass is 458 g/mol. The van der Waals surface area contributed by atoms with Gasteiger partial charge in [-0.1, -0.05) is 0 Å². The molecular formula is C21H30N8O2S. The number of nitrogens with zero attached hydrogens (tertiary/aromatic N) is 8. The highest BCUT2D eigenvalue weighted by Gasteiger charge is 2.33. The summed E-state index contributed by atoms with van der Waals surface area (Å²) in [5.74, 6) is 2.22. The molecule has 32 heavy (non-hydrogen) atoms. The summed E-state index contributed by atoms with van der Waals surface area (Å²) in [6.07, 6.45) is 1.77. The van der Waals surface area contributed by atoms with Crippen LogP contribution in [0.5, 0.6) is 0 Å².